The lowest BCUT2D eigenvalue weighted by Crippen LogP contribution is -2.30. The van der Waals surface area contributed by atoms with Gasteiger partial charge in [-0.2, -0.15) is 0 Å². The molecule has 1 aromatic carbocycles. The van der Waals surface area contributed by atoms with Crippen molar-refractivity contribution >= 4 is 6.09 Å². The van der Waals surface area contributed by atoms with E-state index in [2.05, 4.69) is 5.32 Å². The predicted molar refractivity (Wildman–Crippen MR) is 61.2 cm³/mol. The second kappa shape index (κ2) is 3.92. The minimum atomic E-state index is -0.731. The van der Waals surface area contributed by atoms with Crippen LogP contribution in [0.4, 0.5) is 4.79 Å². The van der Waals surface area contributed by atoms with Gasteiger partial charge in [-0.1, -0.05) is 12.1 Å². The molecule has 5 nitrogen and oxygen atoms in total. The summed E-state index contributed by atoms with van der Waals surface area (Å²) in [7, 11) is 1.48. The summed E-state index contributed by atoms with van der Waals surface area (Å²) in [5.74, 6) is 0.736. The second-order valence-electron chi connectivity index (χ2n) is 4.42. The van der Waals surface area contributed by atoms with Crippen LogP contribution >= 0.6 is 0 Å². The number of ether oxygens (including phenoxy) is 2. The van der Waals surface area contributed by atoms with Gasteiger partial charge in [-0.3, -0.25) is 0 Å². The Morgan fingerprint density at radius 3 is 2.88 bits per heavy atom. The molecule has 0 saturated carbocycles. The molecular formula is C12H15NO4. The van der Waals surface area contributed by atoms with E-state index >= 15 is 0 Å². The molecular weight excluding hydrogens is 222 g/mol. The highest BCUT2D eigenvalue weighted by molar-refractivity contribution is 5.71. The predicted octanol–water partition coefficient (Wildman–Crippen LogP) is 1.61. The van der Waals surface area contributed by atoms with Crippen LogP contribution in [-0.2, 0) is 0 Å². The minimum Gasteiger partial charge on any atom is -0.480 e. The zero-order valence-corrected chi connectivity index (χ0v) is 9.98. The zero-order chi connectivity index (χ0) is 12.6. The molecule has 92 valence electrons. The van der Waals surface area contributed by atoms with Crippen LogP contribution in [0.1, 0.15) is 25.5 Å². The topological polar surface area (TPSA) is 67.8 Å². The molecule has 1 aromatic rings. The summed E-state index contributed by atoms with van der Waals surface area (Å²) in [5, 5.41) is 12.4. The molecule has 1 aliphatic rings. The molecule has 5 heteroatoms. The lowest BCUT2D eigenvalue weighted by atomic mass is 9.98. The fraction of sp³-hybridized carbons (Fsp3) is 0.417. The van der Waals surface area contributed by atoms with Crippen LogP contribution in [0.3, 0.4) is 0 Å². The van der Waals surface area contributed by atoms with Crippen LogP contribution in [0.25, 0.3) is 0 Å². The Kier molecular flexibility index (Phi) is 2.71. The summed E-state index contributed by atoms with van der Waals surface area (Å²) in [4.78, 5) is 11.2. The van der Waals surface area contributed by atoms with Gasteiger partial charge >= 0.3 is 6.09 Å². The summed E-state index contributed by atoms with van der Waals surface area (Å²) >= 11 is 0. The highest BCUT2D eigenvalue weighted by atomic mass is 16.6. The highest BCUT2D eigenvalue weighted by Crippen LogP contribution is 2.47. The molecule has 2 rings (SSSR count). The molecule has 0 aromatic heterocycles. The van der Waals surface area contributed by atoms with Crippen molar-refractivity contribution in [3.63, 3.8) is 0 Å². The number of carbonyl (C=O) groups is 1. The van der Waals surface area contributed by atoms with Crippen molar-refractivity contribution in [2.75, 3.05) is 7.05 Å². The third kappa shape index (κ3) is 1.93. The first-order chi connectivity index (χ1) is 7.95. The number of aliphatic hydroxyl groups is 1. The number of benzene rings is 1. The van der Waals surface area contributed by atoms with Gasteiger partial charge in [0, 0.05) is 12.6 Å². The molecule has 1 atom stereocenters. The largest absolute Gasteiger partial charge is 0.480 e. The normalized spacial score (nSPS) is 20.4. The van der Waals surface area contributed by atoms with Gasteiger partial charge in [0.25, 0.3) is 0 Å². The third-order valence-electron chi connectivity index (χ3n) is 2.73. The van der Waals surface area contributed by atoms with Gasteiger partial charge in [-0.05, 0) is 19.9 Å². The molecule has 0 fully saturated rings. The van der Waals surface area contributed by atoms with E-state index in [4.69, 9.17) is 9.47 Å². The maximum Gasteiger partial charge on any atom is 0.412 e. The first-order valence-electron chi connectivity index (χ1n) is 5.35. The van der Waals surface area contributed by atoms with E-state index in [9.17, 15) is 9.90 Å². The Hall–Kier alpha value is -1.75. The zero-order valence-electron chi connectivity index (χ0n) is 9.98. The summed E-state index contributed by atoms with van der Waals surface area (Å²) < 4.78 is 10.7. The van der Waals surface area contributed by atoms with Gasteiger partial charge in [0.2, 0.25) is 0 Å². The van der Waals surface area contributed by atoms with E-state index in [-0.39, 0.29) is 0 Å². The number of fused-ring (bicyclic) bond motifs is 1. The molecule has 1 heterocycles. The maximum absolute atomic E-state index is 11.2. The van der Waals surface area contributed by atoms with Crippen LogP contribution in [0, 0.1) is 0 Å². The standard InChI is InChI=1S/C12H15NO4/c1-12(2)10(14)7-5-4-6-8(9(7)17-12)16-11(15)13-3/h4-6,10,14H,1-3H3,(H,13,15)/t10-/m0/s1. The molecule has 2 N–H and O–H groups in total. The molecule has 0 unspecified atom stereocenters. The van der Waals surface area contributed by atoms with Gasteiger partial charge in [0.05, 0.1) is 0 Å². The summed E-state index contributed by atoms with van der Waals surface area (Å²) in [6, 6.07) is 5.10. The van der Waals surface area contributed by atoms with E-state index in [0.29, 0.717) is 17.1 Å². The van der Waals surface area contributed by atoms with E-state index in [1.54, 1.807) is 32.0 Å². The molecule has 17 heavy (non-hydrogen) atoms. The van der Waals surface area contributed by atoms with Crippen molar-refractivity contribution in [3.8, 4) is 11.5 Å². The third-order valence-corrected chi connectivity index (χ3v) is 2.73. The Morgan fingerprint density at radius 1 is 1.53 bits per heavy atom. The van der Waals surface area contributed by atoms with Crippen LogP contribution in [0.2, 0.25) is 0 Å². The SMILES string of the molecule is CNC(=O)Oc1cccc2c1OC(C)(C)[C@H]2O. The number of amides is 1. The Morgan fingerprint density at radius 2 is 2.24 bits per heavy atom. The number of hydrogen-bond donors (Lipinski definition) is 2. The number of carbonyl (C=O) groups excluding carboxylic acids is 1. The molecule has 0 saturated heterocycles. The molecule has 1 amide bonds. The van der Waals surface area contributed by atoms with Gasteiger partial charge in [0.1, 0.15) is 11.7 Å². The van der Waals surface area contributed by atoms with Crippen LogP contribution in [-0.4, -0.2) is 23.8 Å². The first-order valence-corrected chi connectivity index (χ1v) is 5.35. The number of para-hydroxylation sites is 1. The van der Waals surface area contributed by atoms with E-state index < -0.39 is 17.8 Å². The lowest BCUT2D eigenvalue weighted by Gasteiger charge is -2.21. The molecule has 0 bridgehead atoms. The fourth-order valence-electron chi connectivity index (χ4n) is 1.78. The molecule has 0 radical (unpaired) electrons. The van der Waals surface area contributed by atoms with E-state index in [0.717, 1.165) is 0 Å². The highest BCUT2D eigenvalue weighted by Gasteiger charge is 2.41. The van der Waals surface area contributed by atoms with E-state index in [1.165, 1.54) is 7.05 Å². The summed E-state index contributed by atoms with van der Waals surface area (Å²) in [6.07, 6.45) is -1.30. The number of nitrogens with one attached hydrogen (secondary N) is 1. The Labute approximate surface area is 99.3 Å². The maximum atomic E-state index is 11.2. The van der Waals surface area contributed by atoms with Crippen LogP contribution in [0.15, 0.2) is 18.2 Å². The molecule has 1 aliphatic heterocycles. The summed E-state index contributed by atoms with van der Waals surface area (Å²) in [5.41, 5.74) is -0.0822. The van der Waals surface area contributed by atoms with Gasteiger partial charge in [-0.25, -0.2) is 4.79 Å². The lowest BCUT2D eigenvalue weighted by molar-refractivity contribution is -0.000177. The van der Waals surface area contributed by atoms with Crippen molar-refractivity contribution in [1.82, 2.24) is 5.32 Å². The number of hydrogen-bond acceptors (Lipinski definition) is 4. The summed E-state index contributed by atoms with van der Waals surface area (Å²) in [6.45, 7) is 3.56. The van der Waals surface area contributed by atoms with Crippen molar-refractivity contribution in [2.45, 2.75) is 25.6 Å². The van der Waals surface area contributed by atoms with E-state index in [1.807, 2.05) is 0 Å². The number of rotatable bonds is 1. The number of aliphatic hydroxyl groups excluding tert-OH is 1. The van der Waals surface area contributed by atoms with Crippen molar-refractivity contribution in [2.24, 2.45) is 0 Å². The molecule has 0 spiro atoms. The van der Waals surface area contributed by atoms with Crippen LogP contribution < -0.4 is 14.8 Å². The van der Waals surface area contributed by atoms with Crippen molar-refractivity contribution < 1.29 is 19.4 Å². The Balaban J connectivity index is 2.37. The monoisotopic (exact) mass is 237 g/mol. The van der Waals surface area contributed by atoms with Crippen LogP contribution in [0.5, 0.6) is 11.5 Å². The van der Waals surface area contributed by atoms with Gasteiger partial charge in [0.15, 0.2) is 11.5 Å². The molecule has 0 aliphatic carbocycles. The quantitative estimate of drug-likeness (QED) is 0.778. The van der Waals surface area contributed by atoms with Gasteiger partial charge < -0.3 is 19.9 Å². The smallest absolute Gasteiger partial charge is 0.412 e. The van der Waals surface area contributed by atoms with Crippen molar-refractivity contribution in [3.05, 3.63) is 23.8 Å². The first kappa shape index (κ1) is 11.7. The minimum absolute atomic E-state index is 0.312. The fourth-order valence-corrected chi connectivity index (χ4v) is 1.78. The van der Waals surface area contributed by atoms with Crippen molar-refractivity contribution in [1.29, 1.82) is 0 Å². The Bertz CT molecular complexity index is 456. The van der Waals surface area contributed by atoms with Gasteiger partial charge in [-0.15, -0.1) is 0 Å². The average molecular weight is 237 g/mol. The average Bonchev–Trinajstić information content (AvgIpc) is 2.52. The second-order valence-corrected chi connectivity index (χ2v) is 4.42.